The first-order valence-electron chi connectivity index (χ1n) is 10.4. The van der Waals surface area contributed by atoms with Gasteiger partial charge in [0.25, 0.3) is 0 Å². The number of aromatic nitrogens is 2. The zero-order valence-electron chi connectivity index (χ0n) is 18.4. The number of carbonyl (C=O) groups is 1. The smallest absolute Gasteiger partial charge is 0.234 e. The first kappa shape index (κ1) is 22.2. The molecule has 2 rings (SSSR count). The molecule has 28 heavy (non-hydrogen) atoms. The van der Waals surface area contributed by atoms with Gasteiger partial charge in [-0.05, 0) is 26.7 Å². The van der Waals surface area contributed by atoms with Crippen LogP contribution in [0.15, 0.2) is 4.99 Å². The van der Waals surface area contributed by atoms with Crippen molar-refractivity contribution < 1.29 is 4.79 Å². The minimum atomic E-state index is 0.0988. The summed E-state index contributed by atoms with van der Waals surface area (Å²) >= 11 is 0. The van der Waals surface area contributed by atoms with Gasteiger partial charge in [0.2, 0.25) is 5.91 Å². The molecule has 1 saturated heterocycles. The van der Waals surface area contributed by atoms with Gasteiger partial charge in [-0.25, -0.2) is 0 Å². The van der Waals surface area contributed by atoms with Crippen LogP contribution in [0.3, 0.4) is 0 Å². The van der Waals surface area contributed by atoms with Gasteiger partial charge in [-0.3, -0.25) is 19.4 Å². The molecule has 158 valence electrons. The number of hydrogen-bond donors (Lipinski definition) is 2. The van der Waals surface area contributed by atoms with Crippen molar-refractivity contribution in [2.24, 2.45) is 12.0 Å². The molecule has 2 N–H and O–H groups in total. The van der Waals surface area contributed by atoms with Gasteiger partial charge in [0.1, 0.15) is 0 Å². The Bertz CT molecular complexity index is 672. The average Bonchev–Trinajstić information content (AvgIpc) is 2.97. The van der Waals surface area contributed by atoms with E-state index in [0.29, 0.717) is 6.54 Å². The topological polar surface area (TPSA) is 77.8 Å². The third-order valence-electron chi connectivity index (χ3n) is 5.15. The summed E-state index contributed by atoms with van der Waals surface area (Å²) in [5.41, 5.74) is 3.72. The molecular weight excluding hydrogens is 354 g/mol. The van der Waals surface area contributed by atoms with Crippen LogP contribution in [-0.2, 0) is 31.2 Å². The van der Waals surface area contributed by atoms with Crippen LogP contribution in [0.4, 0.5) is 0 Å². The van der Waals surface area contributed by atoms with E-state index in [2.05, 4.69) is 44.4 Å². The minimum absolute atomic E-state index is 0.0988. The molecule has 0 aliphatic carbocycles. The van der Waals surface area contributed by atoms with Crippen molar-refractivity contribution >= 4 is 11.9 Å². The Labute approximate surface area is 169 Å². The van der Waals surface area contributed by atoms with Crippen LogP contribution >= 0.6 is 0 Å². The van der Waals surface area contributed by atoms with Gasteiger partial charge >= 0.3 is 0 Å². The van der Waals surface area contributed by atoms with Crippen LogP contribution in [0.5, 0.6) is 0 Å². The second-order valence-corrected chi connectivity index (χ2v) is 7.59. The van der Waals surface area contributed by atoms with E-state index >= 15 is 0 Å². The van der Waals surface area contributed by atoms with Gasteiger partial charge in [-0.2, -0.15) is 5.10 Å². The summed E-state index contributed by atoms with van der Waals surface area (Å²) in [6, 6.07) is 0.185. The number of amides is 1. The number of hydrogen-bond acceptors (Lipinski definition) is 4. The van der Waals surface area contributed by atoms with Crippen molar-refractivity contribution in [3.05, 3.63) is 17.0 Å². The highest BCUT2D eigenvalue weighted by atomic mass is 16.2. The van der Waals surface area contributed by atoms with E-state index < -0.39 is 0 Å². The fourth-order valence-electron chi connectivity index (χ4n) is 3.78. The quantitative estimate of drug-likeness (QED) is 0.530. The molecule has 8 nitrogen and oxygen atoms in total. The number of nitrogens with zero attached hydrogens (tertiary/aromatic N) is 5. The Balaban J connectivity index is 1.90. The van der Waals surface area contributed by atoms with Gasteiger partial charge in [0.15, 0.2) is 5.96 Å². The van der Waals surface area contributed by atoms with Gasteiger partial charge in [0.05, 0.1) is 12.2 Å². The Morgan fingerprint density at radius 1 is 1.18 bits per heavy atom. The average molecular weight is 392 g/mol. The molecule has 1 aromatic heterocycles. The lowest BCUT2D eigenvalue weighted by molar-refractivity contribution is -0.123. The lowest BCUT2D eigenvalue weighted by atomic mass is 10.1. The maximum atomic E-state index is 12.0. The molecule has 0 atom stereocenters. The van der Waals surface area contributed by atoms with Gasteiger partial charge in [-0.15, -0.1) is 0 Å². The monoisotopic (exact) mass is 391 g/mol. The zero-order chi connectivity index (χ0) is 20.7. The third kappa shape index (κ3) is 5.70. The zero-order valence-corrected chi connectivity index (χ0v) is 18.4. The Kier molecular flexibility index (Phi) is 8.29. The highest BCUT2D eigenvalue weighted by molar-refractivity contribution is 5.80. The normalized spacial score (nSPS) is 16.0. The van der Waals surface area contributed by atoms with Crippen LogP contribution in [0.2, 0.25) is 0 Å². The number of nitrogens with one attached hydrogen (secondary N) is 2. The number of piperazine rings is 1. The van der Waals surface area contributed by atoms with Crippen LogP contribution < -0.4 is 10.6 Å². The summed E-state index contributed by atoms with van der Waals surface area (Å²) in [5, 5.41) is 11.1. The molecule has 8 heteroatoms. The van der Waals surface area contributed by atoms with Crippen molar-refractivity contribution in [1.82, 2.24) is 30.2 Å². The van der Waals surface area contributed by atoms with E-state index in [-0.39, 0.29) is 11.9 Å². The maximum Gasteiger partial charge on any atom is 0.234 e. The molecule has 0 saturated carbocycles. The predicted octanol–water partition coefficient (Wildman–Crippen LogP) is 0.763. The van der Waals surface area contributed by atoms with E-state index in [0.717, 1.165) is 57.2 Å². The lowest BCUT2D eigenvalue weighted by Gasteiger charge is -2.36. The molecule has 1 fully saturated rings. The minimum Gasteiger partial charge on any atom is -0.353 e. The van der Waals surface area contributed by atoms with Crippen molar-refractivity contribution in [3.8, 4) is 0 Å². The molecule has 0 aromatic carbocycles. The number of carbonyl (C=O) groups excluding carboxylic acids is 1. The van der Waals surface area contributed by atoms with E-state index in [1.165, 1.54) is 11.3 Å². The highest BCUT2D eigenvalue weighted by Gasteiger charge is 2.22. The predicted molar refractivity (Wildman–Crippen MR) is 113 cm³/mol. The van der Waals surface area contributed by atoms with Gasteiger partial charge in [-0.1, -0.05) is 13.8 Å². The Morgan fingerprint density at radius 2 is 1.86 bits per heavy atom. The van der Waals surface area contributed by atoms with E-state index in [1.807, 2.05) is 32.6 Å². The van der Waals surface area contributed by atoms with E-state index in [4.69, 9.17) is 0 Å². The Hall–Kier alpha value is -2.09. The van der Waals surface area contributed by atoms with Crippen molar-refractivity contribution in [2.75, 3.05) is 39.8 Å². The molecule has 1 aliphatic heterocycles. The molecule has 0 spiro atoms. The van der Waals surface area contributed by atoms with E-state index in [9.17, 15) is 4.79 Å². The summed E-state index contributed by atoms with van der Waals surface area (Å²) in [7, 11) is 3.85. The highest BCUT2D eigenvalue weighted by Crippen LogP contribution is 2.15. The molecule has 2 heterocycles. The third-order valence-corrected chi connectivity index (χ3v) is 5.15. The molecule has 1 aromatic rings. The first-order valence-corrected chi connectivity index (χ1v) is 10.4. The summed E-state index contributed by atoms with van der Waals surface area (Å²) in [4.78, 5) is 20.9. The summed E-state index contributed by atoms with van der Waals surface area (Å²) in [6.07, 6.45) is 1.90. The largest absolute Gasteiger partial charge is 0.353 e. The standard InChI is InChI=1S/C20H37N7O/c1-7-17-16(18(8-2)25(6)24-17)13-22-20(21-5)27-11-9-26(10-12-27)14-19(28)23-15(3)4/h15H,7-14H2,1-6H3,(H,21,22)(H,23,28). The summed E-state index contributed by atoms with van der Waals surface area (Å²) in [6.45, 7) is 12.9. The van der Waals surface area contributed by atoms with Crippen molar-refractivity contribution in [3.63, 3.8) is 0 Å². The molecule has 0 unspecified atom stereocenters. The summed E-state index contributed by atoms with van der Waals surface area (Å²) < 4.78 is 2.00. The van der Waals surface area contributed by atoms with Crippen molar-refractivity contribution in [1.29, 1.82) is 0 Å². The second-order valence-electron chi connectivity index (χ2n) is 7.59. The van der Waals surface area contributed by atoms with Gasteiger partial charge in [0, 0.05) is 64.1 Å². The van der Waals surface area contributed by atoms with Crippen LogP contribution in [0.1, 0.15) is 44.6 Å². The molecule has 0 radical (unpaired) electrons. The van der Waals surface area contributed by atoms with Crippen LogP contribution in [-0.4, -0.2) is 77.3 Å². The number of guanidine groups is 1. The molecule has 1 aliphatic rings. The second kappa shape index (κ2) is 10.5. The fourth-order valence-corrected chi connectivity index (χ4v) is 3.78. The number of rotatable bonds is 7. The summed E-state index contributed by atoms with van der Waals surface area (Å²) in [5.74, 6) is 1.01. The SMILES string of the molecule is CCc1nn(C)c(CC)c1CNC(=NC)N1CCN(CC(=O)NC(C)C)CC1. The van der Waals surface area contributed by atoms with Gasteiger partial charge < -0.3 is 15.5 Å². The maximum absolute atomic E-state index is 12.0. The molecule has 1 amide bonds. The van der Waals surface area contributed by atoms with Crippen molar-refractivity contribution in [2.45, 2.75) is 53.1 Å². The number of aliphatic imine (C=N–C) groups is 1. The first-order chi connectivity index (χ1) is 13.4. The van der Waals surface area contributed by atoms with Crippen LogP contribution in [0, 0.1) is 0 Å². The number of aryl methyl sites for hydroxylation is 2. The Morgan fingerprint density at radius 3 is 2.39 bits per heavy atom. The van der Waals surface area contributed by atoms with E-state index in [1.54, 1.807) is 0 Å². The molecular formula is C20H37N7O. The lowest BCUT2D eigenvalue weighted by Crippen LogP contribution is -2.54. The molecule has 0 bridgehead atoms. The fraction of sp³-hybridized carbons (Fsp3) is 0.750. The van der Waals surface area contributed by atoms with Crippen LogP contribution in [0.25, 0.3) is 0 Å².